The van der Waals surface area contributed by atoms with Crippen LogP contribution in [0.5, 0.6) is 0 Å². The fraction of sp³-hybridized carbons (Fsp3) is 0.0667. The first-order chi connectivity index (χ1) is 9.58. The molecular formula is C15H10ClFO2S. The zero-order valence-electron chi connectivity index (χ0n) is 10.5. The lowest BCUT2D eigenvalue weighted by Gasteiger charge is -2.01. The first-order valence-corrected chi connectivity index (χ1v) is 7.82. The second kappa shape index (κ2) is 5.04. The highest BCUT2D eigenvalue weighted by Crippen LogP contribution is 2.37. The summed E-state index contributed by atoms with van der Waals surface area (Å²) in [7, 11) is -1.32. The van der Waals surface area contributed by atoms with E-state index in [1.807, 2.05) is 0 Å². The zero-order valence-corrected chi connectivity index (χ0v) is 12.1. The van der Waals surface area contributed by atoms with E-state index < -0.39 is 16.6 Å². The minimum absolute atomic E-state index is 0.293. The number of furan rings is 1. The lowest BCUT2D eigenvalue weighted by Crippen LogP contribution is -1.90. The van der Waals surface area contributed by atoms with Crippen molar-refractivity contribution in [3.63, 3.8) is 0 Å². The summed E-state index contributed by atoms with van der Waals surface area (Å²) < 4.78 is 31.7. The monoisotopic (exact) mass is 308 g/mol. The summed E-state index contributed by atoms with van der Waals surface area (Å²) in [6.45, 7) is 0. The average molecular weight is 309 g/mol. The van der Waals surface area contributed by atoms with E-state index in [2.05, 4.69) is 0 Å². The molecule has 0 radical (unpaired) electrons. The number of hydrogen-bond donors (Lipinski definition) is 0. The first kappa shape index (κ1) is 13.3. The quantitative estimate of drug-likeness (QED) is 0.691. The van der Waals surface area contributed by atoms with Gasteiger partial charge in [-0.25, -0.2) is 4.39 Å². The van der Waals surface area contributed by atoms with Gasteiger partial charge in [0, 0.05) is 16.7 Å². The van der Waals surface area contributed by atoms with Crippen molar-refractivity contribution in [3.05, 3.63) is 53.3 Å². The molecule has 0 N–H and O–H groups in total. The second-order valence-electron chi connectivity index (χ2n) is 4.33. The Kier molecular flexibility index (Phi) is 3.36. The fourth-order valence-electron chi connectivity index (χ4n) is 2.16. The van der Waals surface area contributed by atoms with Crippen molar-refractivity contribution in [2.75, 3.05) is 6.26 Å². The standard InChI is InChI=1S/C15H10ClFO2S/c1-20(18)15-11-8-9(16)6-7-13(11)19-14(15)10-4-2-3-5-12(10)17/h2-8H,1H3/t20-/m1/s1. The fourth-order valence-corrected chi connectivity index (χ4v) is 3.21. The van der Waals surface area contributed by atoms with E-state index in [-0.39, 0.29) is 0 Å². The number of benzene rings is 2. The van der Waals surface area contributed by atoms with Gasteiger partial charge in [-0.3, -0.25) is 4.21 Å². The molecule has 0 fully saturated rings. The molecule has 1 heterocycles. The van der Waals surface area contributed by atoms with Gasteiger partial charge in [0.2, 0.25) is 0 Å². The summed E-state index contributed by atoms with van der Waals surface area (Å²) in [5.74, 6) is -0.120. The summed E-state index contributed by atoms with van der Waals surface area (Å²) >= 11 is 5.97. The lowest BCUT2D eigenvalue weighted by molar-refractivity contribution is 0.596. The van der Waals surface area contributed by atoms with E-state index in [1.54, 1.807) is 36.4 Å². The number of rotatable bonds is 2. The van der Waals surface area contributed by atoms with E-state index in [0.717, 1.165) is 0 Å². The lowest BCUT2D eigenvalue weighted by atomic mass is 10.1. The Balaban J connectivity index is 2.39. The maximum atomic E-state index is 13.9. The van der Waals surface area contributed by atoms with Crippen LogP contribution in [0, 0.1) is 5.82 Å². The normalized spacial score (nSPS) is 12.8. The molecule has 0 saturated heterocycles. The molecule has 0 unspecified atom stereocenters. The number of hydrogen-bond acceptors (Lipinski definition) is 2. The molecule has 0 saturated carbocycles. The van der Waals surface area contributed by atoms with Gasteiger partial charge in [0.25, 0.3) is 0 Å². The van der Waals surface area contributed by atoms with Gasteiger partial charge in [-0.15, -0.1) is 0 Å². The minimum Gasteiger partial charge on any atom is -0.455 e. The Morgan fingerprint density at radius 2 is 1.95 bits per heavy atom. The molecule has 0 amide bonds. The van der Waals surface area contributed by atoms with Gasteiger partial charge < -0.3 is 4.42 Å². The van der Waals surface area contributed by atoms with E-state index in [4.69, 9.17) is 16.0 Å². The highest BCUT2D eigenvalue weighted by atomic mass is 35.5. The molecule has 0 bridgehead atoms. The molecule has 1 aromatic heterocycles. The molecule has 20 heavy (non-hydrogen) atoms. The van der Waals surface area contributed by atoms with Crippen LogP contribution >= 0.6 is 11.6 Å². The summed E-state index contributed by atoms with van der Waals surface area (Å²) in [5.41, 5.74) is 0.836. The molecule has 102 valence electrons. The molecule has 0 spiro atoms. The van der Waals surface area contributed by atoms with Crippen molar-refractivity contribution in [2.24, 2.45) is 0 Å². The summed E-state index contributed by atoms with van der Waals surface area (Å²) in [4.78, 5) is 0.465. The van der Waals surface area contributed by atoms with Crippen LogP contribution in [0.25, 0.3) is 22.3 Å². The van der Waals surface area contributed by atoms with Gasteiger partial charge >= 0.3 is 0 Å². The predicted octanol–water partition coefficient (Wildman–Crippen LogP) is 4.63. The SMILES string of the molecule is C[S@@](=O)c1c(-c2ccccc2F)oc2ccc(Cl)cc12. The zero-order chi connectivity index (χ0) is 14.3. The average Bonchev–Trinajstić information content (AvgIpc) is 2.77. The van der Waals surface area contributed by atoms with Crippen molar-refractivity contribution in [1.82, 2.24) is 0 Å². The third kappa shape index (κ3) is 2.15. The van der Waals surface area contributed by atoms with E-state index in [0.29, 0.717) is 32.2 Å². The Morgan fingerprint density at radius 3 is 2.65 bits per heavy atom. The van der Waals surface area contributed by atoms with Crippen LogP contribution in [0.15, 0.2) is 51.8 Å². The third-order valence-corrected chi connectivity index (χ3v) is 4.23. The molecular weight excluding hydrogens is 299 g/mol. The maximum Gasteiger partial charge on any atom is 0.154 e. The molecule has 3 rings (SSSR count). The van der Waals surface area contributed by atoms with Gasteiger partial charge in [0.05, 0.1) is 21.3 Å². The van der Waals surface area contributed by atoms with Crippen molar-refractivity contribution >= 4 is 33.4 Å². The third-order valence-electron chi connectivity index (χ3n) is 3.01. The molecule has 0 aliphatic heterocycles. The number of fused-ring (bicyclic) bond motifs is 1. The smallest absolute Gasteiger partial charge is 0.154 e. The number of halogens is 2. The van der Waals surface area contributed by atoms with Gasteiger partial charge in [-0.1, -0.05) is 23.7 Å². The van der Waals surface area contributed by atoms with Crippen molar-refractivity contribution < 1.29 is 13.0 Å². The maximum absolute atomic E-state index is 13.9. The van der Waals surface area contributed by atoms with Gasteiger partial charge in [0.1, 0.15) is 11.4 Å². The summed E-state index contributed by atoms with van der Waals surface area (Å²) in [5, 5.41) is 1.17. The Bertz CT molecular complexity index is 826. The van der Waals surface area contributed by atoms with Crippen LogP contribution in [-0.2, 0) is 10.8 Å². The van der Waals surface area contributed by atoms with Crippen molar-refractivity contribution in [2.45, 2.75) is 4.90 Å². The van der Waals surface area contributed by atoms with Gasteiger partial charge in [-0.05, 0) is 30.3 Å². The Morgan fingerprint density at radius 1 is 1.20 bits per heavy atom. The molecule has 1 atom stereocenters. The second-order valence-corrected chi connectivity index (χ2v) is 6.09. The minimum atomic E-state index is -1.32. The van der Waals surface area contributed by atoms with Crippen LogP contribution in [0.2, 0.25) is 5.02 Å². The van der Waals surface area contributed by atoms with Crippen LogP contribution in [-0.4, -0.2) is 10.5 Å². The van der Waals surface area contributed by atoms with Gasteiger partial charge in [0.15, 0.2) is 5.76 Å². The van der Waals surface area contributed by atoms with Gasteiger partial charge in [-0.2, -0.15) is 0 Å². The predicted molar refractivity (Wildman–Crippen MR) is 79.0 cm³/mol. The topological polar surface area (TPSA) is 30.2 Å². The molecule has 2 nitrogen and oxygen atoms in total. The van der Waals surface area contributed by atoms with Crippen molar-refractivity contribution in [3.8, 4) is 11.3 Å². The van der Waals surface area contributed by atoms with E-state index >= 15 is 0 Å². The van der Waals surface area contributed by atoms with Crippen LogP contribution in [0.1, 0.15) is 0 Å². The molecule has 2 aromatic carbocycles. The molecule has 0 aliphatic carbocycles. The molecule has 5 heteroatoms. The molecule has 3 aromatic rings. The van der Waals surface area contributed by atoms with Crippen LogP contribution in [0.3, 0.4) is 0 Å². The van der Waals surface area contributed by atoms with Crippen molar-refractivity contribution in [1.29, 1.82) is 0 Å². The van der Waals surface area contributed by atoms with E-state index in [9.17, 15) is 8.60 Å². The highest BCUT2D eigenvalue weighted by Gasteiger charge is 2.21. The Labute approximate surface area is 122 Å². The summed E-state index contributed by atoms with van der Waals surface area (Å²) in [6, 6.07) is 11.3. The highest BCUT2D eigenvalue weighted by molar-refractivity contribution is 7.84. The van der Waals surface area contributed by atoms with Crippen LogP contribution in [0.4, 0.5) is 4.39 Å². The Hall–Kier alpha value is -1.65. The summed E-state index contributed by atoms with van der Waals surface area (Å²) in [6.07, 6.45) is 1.54. The van der Waals surface area contributed by atoms with Crippen LogP contribution < -0.4 is 0 Å². The molecule has 0 aliphatic rings. The largest absolute Gasteiger partial charge is 0.455 e. The first-order valence-electron chi connectivity index (χ1n) is 5.88. The van der Waals surface area contributed by atoms with E-state index in [1.165, 1.54) is 12.3 Å².